The summed E-state index contributed by atoms with van der Waals surface area (Å²) in [7, 11) is 0. The fourth-order valence-electron chi connectivity index (χ4n) is 2.37. The second-order valence-electron chi connectivity index (χ2n) is 6.44. The lowest BCUT2D eigenvalue weighted by molar-refractivity contribution is 0.0659. The van der Waals surface area contributed by atoms with Gasteiger partial charge in [0, 0.05) is 18.6 Å². The number of rotatable bonds is 4. The Labute approximate surface area is 160 Å². The molecule has 0 saturated carbocycles. The number of carbonyl (C=O) groups excluding carboxylic acids is 2. The molecule has 1 aliphatic heterocycles. The minimum atomic E-state index is -0.241. The Hall–Kier alpha value is -1.64. The molecule has 0 bridgehead atoms. The molecule has 0 atom stereocenters. The minimum Gasteiger partial charge on any atom is -0.357 e. The third kappa shape index (κ3) is 4.93. The van der Waals surface area contributed by atoms with Gasteiger partial charge < -0.3 is 10.6 Å². The lowest BCUT2D eigenvalue weighted by Crippen LogP contribution is -2.47. The molecule has 2 amide bonds. The molecule has 0 aliphatic carbocycles. The molecule has 7 heteroatoms. The summed E-state index contributed by atoms with van der Waals surface area (Å²) in [6.45, 7) is 9.50. The zero-order valence-corrected chi connectivity index (χ0v) is 16.9. The highest BCUT2D eigenvalue weighted by atomic mass is 127. The number of halogens is 1. The van der Waals surface area contributed by atoms with E-state index >= 15 is 0 Å². The number of fused-ring (bicyclic) bond motifs is 1. The fraction of sp³-hybridized carbons (Fsp3) is 0.471. The van der Waals surface area contributed by atoms with Gasteiger partial charge in [-0.3, -0.25) is 19.5 Å². The van der Waals surface area contributed by atoms with E-state index in [2.05, 4.69) is 15.6 Å². The Morgan fingerprint density at radius 3 is 2.12 bits per heavy atom. The van der Waals surface area contributed by atoms with E-state index in [1.165, 1.54) is 4.90 Å². The van der Waals surface area contributed by atoms with Crippen molar-refractivity contribution in [2.75, 3.05) is 19.6 Å². The highest BCUT2D eigenvalue weighted by Crippen LogP contribution is 2.21. The molecule has 132 valence electrons. The third-order valence-corrected chi connectivity index (χ3v) is 3.31. The Bertz CT molecular complexity index is 603. The number of imide groups is 1. The zero-order valence-electron chi connectivity index (χ0n) is 14.5. The molecule has 24 heavy (non-hydrogen) atoms. The quantitative estimate of drug-likeness (QED) is 0.324. The lowest BCUT2D eigenvalue weighted by Gasteiger charge is -2.24. The van der Waals surface area contributed by atoms with Gasteiger partial charge in [0.1, 0.15) is 0 Å². The van der Waals surface area contributed by atoms with Crippen molar-refractivity contribution >= 4 is 41.8 Å². The number of guanidine groups is 1. The average Bonchev–Trinajstić information content (AvgIpc) is 2.71. The van der Waals surface area contributed by atoms with Crippen LogP contribution in [0, 0.1) is 0 Å². The predicted octanol–water partition coefficient (Wildman–Crippen LogP) is 2.25. The van der Waals surface area contributed by atoms with Crippen molar-refractivity contribution in [1.29, 1.82) is 0 Å². The normalized spacial score (nSPS) is 14.3. The number of amides is 2. The molecule has 6 nitrogen and oxygen atoms in total. The molecule has 2 N–H and O–H groups in total. The van der Waals surface area contributed by atoms with Gasteiger partial charge in [-0.25, -0.2) is 0 Å². The van der Waals surface area contributed by atoms with Crippen LogP contribution >= 0.6 is 24.0 Å². The summed E-state index contributed by atoms with van der Waals surface area (Å²) in [5.41, 5.74) is 0.832. The van der Waals surface area contributed by atoms with Crippen LogP contribution in [-0.2, 0) is 0 Å². The van der Waals surface area contributed by atoms with Crippen molar-refractivity contribution in [2.45, 2.75) is 33.2 Å². The molecule has 0 radical (unpaired) electrons. The van der Waals surface area contributed by atoms with Crippen LogP contribution in [0.25, 0.3) is 0 Å². The van der Waals surface area contributed by atoms with Gasteiger partial charge in [-0.15, -0.1) is 24.0 Å². The van der Waals surface area contributed by atoms with Crippen LogP contribution in [-0.4, -0.2) is 47.8 Å². The summed E-state index contributed by atoms with van der Waals surface area (Å²) >= 11 is 0. The van der Waals surface area contributed by atoms with Gasteiger partial charge in [-0.2, -0.15) is 0 Å². The monoisotopic (exact) mass is 444 g/mol. The van der Waals surface area contributed by atoms with Crippen molar-refractivity contribution < 1.29 is 9.59 Å². The molecule has 2 rings (SSSR count). The predicted molar refractivity (Wildman–Crippen MR) is 106 cm³/mol. The SMILES string of the molecule is CCNC(=NCCN1C(=O)c2ccccc2C1=O)NC(C)(C)C.I. The number of benzene rings is 1. The molecule has 0 saturated heterocycles. The first-order valence-electron chi connectivity index (χ1n) is 7.85. The highest BCUT2D eigenvalue weighted by molar-refractivity contribution is 14.0. The van der Waals surface area contributed by atoms with Gasteiger partial charge in [0.25, 0.3) is 11.8 Å². The summed E-state index contributed by atoms with van der Waals surface area (Å²) in [5.74, 6) is 0.195. The van der Waals surface area contributed by atoms with Gasteiger partial charge in [0.2, 0.25) is 0 Å². The van der Waals surface area contributed by atoms with E-state index in [1.54, 1.807) is 24.3 Å². The Morgan fingerprint density at radius 1 is 1.12 bits per heavy atom. The van der Waals surface area contributed by atoms with Crippen LogP contribution in [0.1, 0.15) is 48.4 Å². The van der Waals surface area contributed by atoms with E-state index in [0.29, 0.717) is 23.6 Å². The van der Waals surface area contributed by atoms with Gasteiger partial charge in [-0.05, 0) is 39.8 Å². The van der Waals surface area contributed by atoms with Crippen LogP contribution < -0.4 is 10.6 Å². The smallest absolute Gasteiger partial charge is 0.261 e. The van der Waals surface area contributed by atoms with Crippen molar-refractivity contribution in [3.63, 3.8) is 0 Å². The number of nitrogens with one attached hydrogen (secondary N) is 2. The van der Waals surface area contributed by atoms with E-state index in [4.69, 9.17) is 0 Å². The van der Waals surface area contributed by atoms with Gasteiger partial charge in [0.05, 0.1) is 17.7 Å². The Balaban J connectivity index is 0.00000288. The van der Waals surface area contributed by atoms with Crippen LogP contribution in [0.3, 0.4) is 0 Å². The third-order valence-electron chi connectivity index (χ3n) is 3.31. The summed E-state index contributed by atoms with van der Waals surface area (Å²) in [6, 6.07) is 6.90. The fourth-order valence-corrected chi connectivity index (χ4v) is 2.37. The van der Waals surface area contributed by atoms with Crippen LogP contribution in [0.2, 0.25) is 0 Å². The number of hydrogen-bond acceptors (Lipinski definition) is 3. The van der Waals surface area contributed by atoms with E-state index in [0.717, 1.165) is 6.54 Å². The summed E-state index contributed by atoms with van der Waals surface area (Å²) in [4.78, 5) is 30.2. The molecule has 1 aromatic carbocycles. The molecule has 1 heterocycles. The molecule has 0 fully saturated rings. The number of carbonyl (C=O) groups is 2. The maximum absolute atomic E-state index is 12.3. The van der Waals surface area contributed by atoms with Gasteiger partial charge in [-0.1, -0.05) is 12.1 Å². The number of hydrogen-bond donors (Lipinski definition) is 2. The second-order valence-corrected chi connectivity index (χ2v) is 6.44. The van der Waals surface area contributed by atoms with Crippen molar-refractivity contribution in [1.82, 2.24) is 15.5 Å². The van der Waals surface area contributed by atoms with Crippen molar-refractivity contribution in [2.24, 2.45) is 4.99 Å². The maximum atomic E-state index is 12.3. The molecule has 0 aromatic heterocycles. The van der Waals surface area contributed by atoms with Gasteiger partial charge in [0.15, 0.2) is 5.96 Å². The summed E-state index contributed by atoms with van der Waals surface area (Å²) < 4.78 is 0. The van der Waals surface area contributed by atoms with E-state index in [9.17, 15) is 9.59 Å². The highest BCUT2D eigenvalue weighted by Gasteiger charge is 2.34. The Morgan fingerprint density at radius 2 is 1.67 bits per heavy atom. The largest absolute Gasteiger partial charge is 0.357 e. The van der Waals surface area contributed by atoms with Crippen LogP contribution in [0.4, 0.5) is 0 Å². The maximum Gasteiger partial charge on any atom is 0.261 e. The molecular formula is C17H25IN4O2. The summed E-state index contributed by atoms with van der Waals surface area (Å²) in [6.07, 6.45) is 0. The van der Waals surface area contributed by atoms with Crippen molar-refractivity contribution in [3.8, 4) is 0 Å². The van der Waals surface area contributed by atoms with E-state index in [1.807, 2.05) is 27.7 Å². The molecular weight excluding hydrogens is 419 g/mol. The minimum absolute atomic E-state index is 0. The first-order chi connectivity index (χ1) is 10.8. The van der Waals surface area contributed by atoms with E-state index < -0.39 is 0 Å². The molecule has 0 spiro atoms. The molecule has 0 unspecified atom stereocenters. The number of nitrogens with zero attached hydrogens (tertiary/aromatic N) is 2. The van der Waals surface area contributed by atoms with Crippen molar-refractivity contribution in [3.05, 3.63) is 35.4 Å². The van der Waals surface area contributed by atoms with Gasteiger partial charge >= 0.3 is 0 Å². The standard InChI is InChI=1S/C17H24N4O2.HI/c1-5-18-16(20-17(2,3)4)19-10-11-21-14(22)12-8-6-7-9-13(12)15(21)23;/h6-9H,5,10-11H2,1-4H3,(H2,18,19,20);1H. The second kappa shape index (κ2) is 8.46. The first-order valence-corrected chi connectivity index (χ1v) is 7.85. The zero-order chi connectivity index (χ0) is 17.0. The molecule has 1 aliphatic rings. The summed E-state index contributed by atoms with van der Waals surface area (Å²) in [5, 5.41) is 6.43. The average molecular weight is 444 g/mol. The van der Waals surface area contributed by atoms with E-state index in [-0.39, 0.29) is 47.9 Å². The molecule has 1 aromatic rings. The first kappa shape index (κ1) is 20.4. The Kier molecular flexibility index (Phi) is 7.19. The van der Waals surface area contributed by atoms with Crippen LogP contribution in [0.5, 0.6) is 0 Å². The van der Waals surface area contributed by atoms with Crippen LogP contribution in [0.15, 0.2) is 29.3 Å². The lowest BCUT2D eigenvalue weighted by atomic mass is 10.1. The number of aliphatic imine (C=N–C) groups is 1. The topological polar surface area (TPSA) is 73.8 Å².